The second-order valence-electron chi connectivity index (χ2n) is 7.79. The number of carboxylic acid groups (broad SMARTS) is 1. The first-order valence-electron chi connectivity index (χ1n) is 10.5. The summed E-state index contributed by atoms with van der Waals surface area (Å²) >= 11 is 0. The number of aromatic nitrogens is 4. The van der Waals surface area contributed by atoms with Crippen molar-refractivity contribution < 1.29 is 27.9 Å². The van der Waals surface area contributed by atoms with Gasteiger partial charge in [0.25, 0.3) is 0 Å². The van der Waals surface area contributed by atoms with E-state index in [-0.39, 0.29) is 11.8 Å². The number of anilines is 1. The molecular formula is C21H25F3N6O3. The Morgan fingerprint density at radius 2 is 1.88 bits per heavy atom. The van der Waals surface area contributed by atoms with Crippen molar-refractivity contribution in [1.29, 1.82) is 0 Å². The summed E-state index contributed by atoms with van der Waals surface area (Å²) in [6.45, 7) is 2.81. The van der Waals surface area contributed by atoms with Gasteiger partial charge in [-0.3, -0.25) is 9.48 Å². The van der Waals surface area contributed by atoms with Gasteiger partial charge in [-0.15, -0.1) is 0 Å². The summed E-state index contributed by atoms with van der Waals surface area (Å²) < 4.78 is 33.8. The fourth-order valence-corrected chi connectivity index (χ4v) is 3.68. The van der Waals surface area contributed by atoms with Crippen LogP contribution in [0.25, 0.3) is 0 Å². The third-order valence-electron chi connectivity index (χ3n) is 5.28. The maximum atomic E-state index is 13.0. The second kappa shape index (κ2) is 10.9. The topological polar surface area (TPSA) is 113 Å². The Balaban J connectivity index is 0.000000383. The van der Waals surface area contributed by atoms with E-state index >= 15 is 0 Å². The van der Waals surface area contributed by atoms with Crippen molar-refractivity contribution in [2.45, 2.75) is 44.9 Å². The average molecular weight is 466 g/mol. The van der Waals surface area contributed by atoms with Crippen molar-refractivity contribution >= 4 is 17.8 Å². The van der Waals surface area contributed by atoms with Crippen LogP contribution in [0.5, 0.6) is 0 Å². The first kappa shape index (κ1) is 24.2. The van der Waals surface area contributed by atoms with E-state index in [0.29, 0.717) is 25.6 Å². The molecule has 0 aromatic carbocycles. The highest BCUT2D eigenvalue weighted by atomic mass is 19.4. The quantitative estimate of drug-likeness (QED) is 0.712. The number of carbonyl (C=O) groups excluding carboxylic acids is 1. The number of halogens is 3. The van der Waals surface area contributed by atoms with Crippen molar-refractivity contribution in [3.05, 3.63) is 48.1 Å². The minimum Gasteiger partial charge on any atom is -0.475 e. The van der Waals surface area contributed by atoms with Crippen LogP contribution in [0, 0.1) is 5.92 Å². The molecule has 2 aliphatic rings. The number of fused-ring (bicyclic) bond motifs is 1. The van der Waals surface area contributed by atoms with Gasteiger partial charge in [-0.1, -0.05) is 6.08 Å². The lowest BCUT2D eigenvalue weighted by molar-refractivity contribution is -0.192. The van der Waals surface area contributed by atoms with Gasteiger partial charge in [-0.05, 0) is 37.8 Å². The van der Waals surface area contributed by atoms with Crippen LogP contribution in [0.15, 0.2) is 42.4 Å². The number of aliphatic carboxylic acids is 1. The number of nitrogens with zero attached hydrogens (tertiary/aromatic N) is 5. The van der Waals surface area contributed by atoms with Gasteiger partial charge in [-0.25, -0.2) is 14.8 Å². The van der Waals surface area contributed by atoms with Crippen molar-refractivity contribution in [1.82, 2.24) is 24.6 Å². The van der Waals surface area contributed by atoms with Crippen LogP contribution in [0.3, 0.4) is 0 Å². The molecule has 33 heavy (non-hydrogen) atoms. The molecule has 0 spiro atoms. The molecule has 9 nitrogen and oxygen atoms in total. The highest BCUT2D eigenvalue weighted by Crippen LogP contribution is 2.23. The maximum absolute atomic E-state index is 13.0. The van der Waals surface area contributed by atoms with E-state index < -0.39 is 12.1 Å². The predicted octanol–water partition coefficient (Wildman–Crippen LogP) is 2.88. The monoisotopic (exact) mass is 466 g/mol. The number of amides is 1. The Kier molecular flexibility index (Phi) is 8.01. The van der Waals surface area contributed by atoms with Gasteiger partial charge in [0, 0.05) is 49.7 Å². The normalized spacial score (nSPS) is 18.2. The van der Waals surface area contributed by atoms with Gasteiger partial charge in [0.1, 0.15) is 0 Å². The fraction of sp³-hybridized carbons (Fsp3) is 0.476. The molecule has 0 saturated heterocycles. The van der Waals surface area contributed by atoms with Crippen LogP contribution in [-0.4, -0.2) is 60.9 Å². The van der Waals surface area contributed by atoms with Crippen LogP contribution in [0.1, 0.15) is 31.4 Å². The zero-order valence-electron chi connectivity index (χ0n) is 17.8. The smallest absolute Gasteiger partial charge is 0.475 e. The van der Waals surface area contributed by atoms with E-state index in [4.69, 9.17) is 9.90 Å². The summed E-state index contributed by atoms with van der Waals surface area (Å²) in [7, 11) is 0. The summed E-state index contributed by atoms with van der Waals surface area (Å²) in [5.74, 6) is -1.72. The van der Waals surface area contributed by atoms with Gasteiger partial charge >= 0.3 is 12.1 Å². The first-order valence-corrected chi connectivity index (χ1v) is 10.5. The van der Waals surface area contributed by atoms with E-state index in [1.54, 1.807) is 18.5 Å². The summed E-state index contributed by atoms with van der Waals surface area (Å²) in [5.41, 5.74) is 2.07. The summed E-state index contributed by atoms with van der Waals surface area (Å²) in [4.78, 5) is 32.3. The highest BCUT2D eigenvalue weighted by Gasteiger charge is 2.38. The SMILES string of the molecule is O=C(C1=CCCCC1)N1Cc2ccnn2CC(CNc2ncccn2)C1.O=C(O)C(F)(F)F. The molecule has 4 rings (SSSR count). The van der Waals surface area contributed by atoms with Crippen molar-refractivity contribution in [2.24, 2.45) is 5.92 Å². The number of alkyl halides is 3. The molecule has 0 radical (unpaired) electrons. The lowest BCUT2D eigenvalue weighted by Gasteiger charge is -2.26. The molecule has 0 bridgehead atoms. The zero-order valence-corrected chi connectivity index (χ0v) is 17.8. The molecule has 1 unspecified atom stereocenters. The highest BCUT2D eigenvalue weighted by molar-refractivity contribution is 5.93. The minimum absolute atomic E-state index is 0.181. The Labute approximate surface area is 188 Å². The summed E-state index contributed by atoms with van der Waals surface area (Å²) in [6.07, 6.45) is 6.51. The van der Waals surface area contributed by atoms with Gasteiger partial charge in [0.05, 0.1) is 12.2 Å². The molecule has 1 amide bonds. The van der Waals surface area contributed by atoms with E-state index in [0.717, 1.165) is 37.1 Å². The van der Waals surface area contributed by atoms with Crippen LogP contribution >= 0.6 is 0 Å². The van der Waals surface area contributed by atoms with Crippen molar-refractivity contribution in [3.63, 3.8) is 0 Å². The first-order chi connectivity index (χ1) is 15.7. The van der Waals surface area contributed by atoms with E-state index in [9.17, 15) is 18.0 Å². The summed E-state index contributed by atoms with van der Waals surface area (Å²) in [6, 6.07) is 3.80. The molecule has 1 aliphatic carbocycles. The van der Waals surface area contributed by atoms with E-state index in [1.807, 2.05) is 21.8 Å². The number of rotatable bonds is 4. The van der Waals surface area contributed by atoms with E-state index in [2.05, 4.69) is 26.5 Å². The minimum atomic E-state index is -5.08. The second-order valence-corrected chi connectivity index (χ2v) is 7.79. The third-order valence-corrected chi connectivity index (χ3v) is 5.28. The Hall–Kier alpha value is -3.44. The van der Waals surface area contributed by atoms with Crippen LogP contribution in [-0.2, 0) is 22.7 Å². The number of hydrogen-bond donors (Lipinski definition) is 2. The maximum Gasteiger partial charge on any atom is 0.490 e. The zero-order chi connectivity index (χ0) is 23.8. The number of carbonyl (C=O) groups is 2. The molecule has 2 aromatic rings. The lowest BCUT2D eigenvalue weighted by atomic mass is 9.98. The Bertz CT molecular complexity index is 977. The van der Waals surface area contributed by atoms with Gasteiger partial charge in [0.15, 0.2) is 0 Å². The Morgan fingerprint density at radius 3 is 2.52 bits per heavy atom. The molecule has 1 atom stereocenters. The molecule has 12 heteroatoms. The van der Waals surface area contributed by atoms with Gasteiger partial charge < -0.3 is 15.3 Å². The van der Waals surface area contributed by atoms with E-state index in [1.165, 1.54) is 6.42 Å². The van der Waals surface area contributed by atoms with Gasteiger partial charge in [-0.2, -0.15) is 18.3 Å². The van der Waals surface area contributed by atoms with Crippen LogP contribution < -0.4 is 5.32 Å². The molecule has 2 aromatic heterocycles. The number of allylic oxidation sites excluding steroid dienone is 1. The number of nitrogens with one attached hydrogen (secondary N) is 1. The number of hydrogen-bond acceptors (Lipinski definition) is 6. The molecule has 178 valence electrons. The molecule has 0 saturated carbocycles. The van der Waals surface area contributed by atoms with Gasteiger partial charge in [0.2, 0.25) is 11.9 Å². The Morgan fingerprint density at radius 1 is 1.15 bits per heavy atom. The average Bonchev–Trinajstić information content (AvgIpc) is 3.16. The standard InChI is InChI=1S/C19H24N6O.C2HF3O2/c26-18(16-5-2-1-3-6-16)24-12-15(11-22-19-20-8-4-9-21-19)13-25-17(14-24)7-10-23-25;3-2(4,5)1(6)7/h4-5,7-10,15H,1-3,6,11-14H2,(H,20,21,22);(H,6,7). The van der Waals surface area contributed by atoms with Crippen molar-refractivity contribution in [3.8, 4) is 0 Å². The molecule has 2 N–H and O–H groups in total. The van der Waals surface area contributed by atoms with Crippen molar-refractivity contribution in [2.75, 3.05) is 18.4 Å². The molecular weight excluding hydrogens is 441 g/mol. The lowest BCUT2D eigenvalue weighted by Crippen LogP contribution is -2.37. The predicted molar refractivity (Wildman–Crippen MR) is 112 cm³/mol. The molecule has 1 aliphatic heterocycles. The molecule has 3 heterocycles. The van der Waals surface area contributed by atoms with Crippen LogP contribution in [0.4, 0.5) is 19.1 Å². The summed E-state index contributed by atoms with van der Waals surface area (Å²) in [5, 5.41) is 14.8. The third kappa shape index (κ3) is 7.02. The number of carboxylic acids is 1. The fourth-order valence-electron chi connectivity index (χ4n) is 3.68. The molecule has 0 fully saturated rings. The van der Waals surface area contributed by atoms with Crippen LogP contribution in [0.2, 0.25) is 0 Å². The largest absolute Gasteiger partial charge is 0.490 e.